The first-order valence-electron chi connectivity index (χ1n) is 6.52. The minimum Gasteiger partial charge on any atom is -0.378 e. The molecule has 1 N–H and O–H groups in total. The van der Waals surface area contributed by atoms with E-state index in [1.54, 1.807) is 0 Å². The Morgan fingerprint density at radius 2 is 2.06 bits per heavy atom. The molecular weight excluding hydrogens is 222 g/mol. The molecule has 0 amide bonds. The zero-order valence-electron chi connectivity index (χ0n) is 11.4. The lowest BCUT2D eigenvalue weighted by Gasteiger charge is -2.10. The normalized spacial score (nSPS) is 10.6. The van der Waals surface area contributed by atoms with E-state index in [2.05, 4.69) is 53.8 Å². The van der Waals surface area contributed by atoms with Crippen molar-refractivity contribution in [1.29, 1.82) is 0 Å². The summed E-state index contributed by atoms with van der Waals surface area (Å²) in [5.41, 5.74) is 3.80. The Balaban J connectivity index is 2.02. The molecule has 2 rings (SSSR count). The predicted octanol–water partition coefficient (Wildman–Crippen LogP) is 3.52. The molecule has 0 saturated carbocycles. The van der Waals surface area contributed by atoms with E-state index in [4.69, 9.17) is 0 Å². The number of aromatic nitrogens is 2. The van der Waals surface area contributed by atoms with Crippen LogP contribution in [0.25, 0.3) is 0 Å². The molecular formula is C15H21N3. The predicted molar refractivity (Wildman–Crippen MR) is 75.8 cm³/mol. The second-order valence-corrected chi connectivity index (χ2v) is 4.69. The van der Waals surface area contributed by atoms with Gasteiger partial charge in [-0.05, 0) is 43.5 Å². The van der Waals surface area contributed by atoms with Crippen LogP contribution in [-0.4, -0.2) is 9.55 Å². The molecule has 0 aliphatic heterocycles. The molecule has 0 fully saturated rings. The fraction of sp³-hybridized carbons (Fsp3) is 0.400. The smallest absolute Gasteiger partial charge is 0.128 e. The molecule has 1 aromatic heterocycles. The molecule has 96 valence electrons. The number of anilines is 1. The van der Waals surface area contributed by atoms with Crippen molar-refractivity contribution in [1.82, 2.24) is 9.55 Å². The van der Waals surface area contributed by atoms with E-state index in [0.29, 0.717) is 0 Å². The summed E-state index contributed by atoms with van der Waals surface area (Å²) in [5.74, 6) is 1.09. The van der Waals surface area contributed by atoms with Crippen LogP contribution in [0.15, 0.2) is 30.6 Å². The zero-order valence-corrected chi connectivity index (χ0v) is 11.4. The Bertz CT molecular complexity index is 514. The molecule has 1 heterocycles. The second-order valence-electron chi connectivity index (χ2n) is 4.69. The number of imidazole rings is 1. The topological polar surface area (TPSA) is 29.9 Å². The molecule has 0 aliphatic rings. The Morgan fingerprint density at radius 1 is 1.22 bits per heavy atom. The van der Waals surface area contributed by atoms with E-state index in [9.17, 15) is 0 Å². The maximum atomic E-state index is 4.39. The highest BCUT2D eigenvalue weighted by atomic mass is 15.1. The summed E-state index contributed by atoms with van der Waals surface area (Å²) >= 11 is 0. The molecule has 2 aromatic rings. The number of benzene rings is 1. The van der Waals surface area contributed by atoms with Crippen molar-refractivity contribution in [2.45, 2.75) is 40.3 Å². The van der Waals surface area contributed by atoms with Crippen LogP contribution in [0.5, 0.6) is 0 Å². The molecule has 0 saturated heterocycles. The number of rotatable bonds is 5. The Kier molecular flexibility index (Phi) is 4.03. The lowest BCUT2D eigenvalue weighted by Crippen LogP contribution is -2.08. The third-order valence-electron chi connectivity index (χ3n) is 3.22. The largest absolute Gasteiger partial charge is 0.378 e. The lowest BCUT2D eigenvalue weighted by molar-refractivity contribution is 0.644. The maximum absolute atomic E-state index is 4.39. The number of nitrogens with zero attached hydrogens (tertiary/aromatic N) is 2. The van der Waals surface area contributed by atoms with Crippen LogP contribution in [0.4, 0.5) is 5.69 Å². The molecule has 0 spiro atoms. The van der Waals surface area contributed by atoms with Crippen molar-refractivity contribution in [3.63, 3.8) is 0 Å². The summed E-state index contributed by atoms with van der Waals surface area (Å²) in [5, 5.41) is 3.43. The van der Waals surface area contributed by atoms with E-state index in [1.807, 2.05) is 12.4 Å². The van der Waals surface area contributed by atoms with Gasteiger partial charge < -0.3 is 9.88 Å². The summed E-state index contributed by atoms with van der Waals surface area (Å²) in [6.45, 7) is 8.26. The van der Waals surface area contributed by atoms with Gasteiger partial charge in [-0.25, -0.2) is 4.98 Å². The molecule has 0 atom stereocenters. The van der Waals surface area contributed by atoms with Crippen LogP contribution in [0, 0.1) is 13.8 Å². The van der Waals surface area contributed by atoms with Gasteiger partial charge in [-0.15, -0.1) is 0 Å². The number of hydrogen-bond donors (Lipinski definition) is 1. The van der Waals surface area contributed by atoms with Gasteiger partial charge in [0.2, 0.25) is 0 Å². The van der Waals surface area contributed by atoms with Crippen LogP contribution < -0.4 is 5.32 Å². The zero-order chi connectivity index (χ0) is 13.0. The maximum Gasteiger partial charge on any atom is 0.128 e. The van der Waals surface area contributed by atoms with Gasteiger partial charge >= 0.3 is 0 Å². The highest BCUT2D eigenvalue weighted by Crippen LogP contribution is 2.15. The summed E-state index contributed by atoms with van der Waals surface area (Å²) in [7, 11) is 0. The van der Waals surface area contributed by atoms with E-state index in [1.165, 1.54) is 11.1 Å². The highest BCUT2D eigenvalue weighted by molar-refractivity contribution is 5.48. The fourth-order valence-corrected chi connectivity index (χ4v) is 1.98. The quantitative estimate of drug-likeness (QED) is 0.870. The van der Waals surface area contributed by atoms with Crippen LogP contribution in [0.2, 0.25) is 0 Å². The van der Waals surface area contributed by atoms with Crippen LogP contribution in [0.3, 0.4) is 0 Å². The molecule has 0 unspecified atom stereocenters. The van der Waals surface area contributed by atoms with E-state index >= 15 is 0 Å². The van der Waals surface area contributed by atoms with Gasteiger partial charge in [0.15, 0.2) is 0 Å². The average Bonchev–Trinajstić information content (AvgIpc) is 2.79. The highest BCUT2D eigenvalue weighted by Gasteiger charge is 2.02. The first kappa shape index (κ1) is 12.7. The van der Waals surface area contributed by atoms with Gasteiger partial charge in [-0.3, -0.25) is 0 Å². The molecule has 3 nitrogen and oxygen atoms in total. The van der Waals surface area contributed by atoms with Crippen molar-refractivity contribution in [3.05, 3.63) is 47.5 Å². The lowest BCUT2D eigenvalue weighted by atomic mass is 10.1. The van der Waals surface area contributed by atoms with Crippen LogP contribution in [0.1, 0.15) is 30.3 Å². The van der Waals surface area contributed by atoms with Gasteiger partial charge in [0, 0.05) is 24.6 Å². The van der Waals surface area contributed by atoms with Gasteiger partial charge in [0.1, 0.15) is 5.82 Å². The number of hydrogen-bond acceptors (Lipinski definition) is 2. The Morgan fingerprint density at radius 3 is 2.78 bits per heavy atom. The van der Waals surface area contributed by atoms with E-state index in [0.717, 1.165) is 31.0 Å². The Labute approximate surface area is 109 Å². The molecule has 0 bridgehead atoms. The van der Waals surface area contributed by atoms with Gasteiger partial charge in [0.25, 0.3) is 0 Å². The average molecular weight is 243 g/mol. The van der Waals surface area contributed by atoms with Crippen molar-refractivity contribution in [2.75, 3.05) is 5.32 Å². The second kappa shape index (κ2) is 5.71. The van der Waals surface area contributed by atoms with Crippen molar-refractivity contribution in [2.24, 2.45) is 0 Å². The van der Waals surface area contributed by atoms with Crippen LogP contribution in [-0.2, 0) is 13.1 Å². The van der Waals surface area contributed by atoms with Crippen molar-refractivity contribution < 1.29 is 0 Å². The molecule has 0 aliphatic carbocycles. The van der Waals surface area contributed by atoms with Gasteiger partial charge in [-0.1, -0.05) is 13.0 Å². The third kappa shape index (κ3) is 2.92. The molecule has 18 heavy (non-hydrogen) atoms. The monoisotopic (exact) mass is 243 g/mol. The molecule has 3 heteroatoms. The summed E-state index contributed by atoms with van der Waals surface area (Å²) in [6, 6.07) is 6.45. The number of aryl methyl sites for hydroxylation is 3. The first-order valence-corrected chi connectivity index (χ1v) is 6.52. The van der Waals surface area contributed by atoms with E-state index < -0.39 is 0 Å². The molecule has 1 aromatic carbocycles. The first-order chi connectivity index (χ1) is 8.70. The SMILES string of the molecule is CCCn1ccnc1CNc1ccc(C)c(C)c1. The van der Waals surface area contributed by atoms with Crippen LogP contribution >= 0.6 is 0 Å². The third-order valence-corrected chi connectivity index (χ3v) is 3.22. The van der Waals surface area contributed by atoms with Gasteiger partial charge in [-0.2, -0.15) is 0 Å². The minimum atomic E-state index is 0.773. The summed E-state index contributed by atoms with van der Waals surface area (Å²) in [6.07, 6.45) is 5.04. The van der Waals surface area contributed by atoms with Crippen molar-refractivity contribution >= 4 is 5.69 Å². The number of nitrogens with one attached hydrogen (secondary N) is 1. The van der Waals surface area contributed by atoms with E-state index in [-0.39, 0.29) is 0 Å². The summed E-state index contributed by atoms with van der Waals surface area (Å²) < 4.78 is 2.20. The van der Waals surface area contributed by atoms with Gasteiger partial charge in [0.05, 0.1) is 6.54 Å². The van der Waals surface area contributed by atoms with Crippen molar-refractivity contribution in [3.8, 4) is 0 Å². The summed E-state index contributed by atoms with van der Waals surface area (Å²) in [4.78, 5) is 4.39. The molecule has 0 radical (unpaired) electrons. The fourth-order valence-electron chi connectivity index (χ4n) is 1.98. The minimum absolute atomic E-state index is 0.773. The Hall–Kier alpha value is -1.77. The standard InChI is InChI=1S/C15H21N3/c1-4-8-18-9-7-16-15(18)11-17-14-6-5-12(2)13(3)10-14/h5-7,9-10,17H,4,8,11H2,1-3H3.